The summed E-state index contributed by atoms with van der Waals surface area (Å²) in [5, 5.41) is 9.41. The molecule has 1 fully saturated rings. The lowest BCUT2D eigenvalue weighted by atomic mass is 9.76. The van der Waals surface area contributed by atoms with Crippen LogP contribution in [-0.2, 0) is 4.74 Å². The number of aliphatic hydroxyl groups excluding tert-OH is 1. The van der Waals surface area contributed by atoms with E-state index in [4.69, 9.17) is 4.74 Å². The van der Waals surface area contributed by atoms with E-state index in [0.29, 0.717) is 11.5 Å². The van der Waals surface area contributed by atoms with Gasteiger partial charge in [0, 0.05) is 6.61 Å². The second-order valence-corrected chi connectivity index (χ2v) is 5.94. The highest BCUT2D eigenvalue weighted by Gasteiger charge is 2.26. The first kappa shape index (κ1) is 14.0. The Morgan fingerprint density at radius 2 is 1.94 bits per heavy atom. The Morgan fingerprint density at radius 1 is 1.31 bits per heavy atom. The Morgan fingerprint density at radius 3 is 2.50 bits per heavy atom. The largest absolute Gasteiger partial charge is 0.393 e. The second kappa shape index (κ2) is 6.61. The zero-order valence-corrected chi connectivity index (χ0v) is 11.2. The van der Waals surface area contributed by atoms with Gasteiger partial charge in [0.2, 0.25) is 0 Å². The first-order valence-corrected chi connectivity index (χ1v) is 6.83. The van der Waals surface area contributed by atoms with Gasteiger partial charge < -0.3 is 9.84 Å². The molecule has 0 bridgehead atoms. The maximum atomic E-state index is 9.41. The van der Waals surface area contributed by atoms with Crippen molar-refractivity contribution >= 4 is 0 Å². The summed E-state index contributed by atoms with van der Waals surface area (Å²) in [6.45, 7) is 7.54. The average molecular weight is 228 g/mol. The van der Waals surface area contributed by atoms with Crippen molar-refractivity contribution < 1.29 is 9.84 Å². The molecule has 1 saturated carbocycles. The van der Waals surface area contributed by atoms with Crippen LogP contribution in [0.25, 0.3) is 0 Å². The highest BCUT2D eigenvalue weighted by molar-refractivity contribution is 4.78. The fraction of sp³-hybridized carbons (Fsp3) is 1.00. The summed E-state index contributed by atoms with van der Waals surface area (Å²) in [6, 6.07) is 0. The third kappa shape index (κ3) is 5.31. The van der Waals surface area contributed by atoms with E-state index in [1.54, 1.807) is 0 Å². The summed E-state index contributed by atoms with van der Waals surface area (Å²) in [5.74, 6) is 0. The van der Waals surface area contributed by atoms with E-state index in [9.17, 15) is 5.11 Å². The van der Waals surface area contributed by atoms with Gasteiger partial charge in [0.05, 0.1) is 12.2 Å². The van der Waals surface area contributed by atoms with Crippen LogP contribution in [-0.4, -0.2) is 23.9 Å². The molecule has 0 spiro atoms. The van der Waals surface area contributed by atoms with E-state index >= 15 is 0 Å². The van der Waals surface area contributed by atoms with Crippen LogP contribution in [0.3, 0.4) is 0 Å². The van der Waals surface area contributed by atoms with Crippen LogP contribution in [0.15, 0.2) is 0 Å². The Balaban J connectivity index is 2.02. The summed E-state index contributed by atoms with van der Waals surface area (Å²) in [4.78, 5) is 0. The van der Waals surface area contributed by atoms with E-state index in [2.05, 4.69) is 13.8 Å². The third-order valence-corrected chi connectivity index (χ3v) is 3.79. The predicted molar refractivity (Wildman–Crippen MR) is 67.5 cm³/mol. The molecule has 1 N–H and O–H groups in total. The highest BCUT2D eigenvalue weighted by Crippen LogP contribution is 2.36. The predicted octanol–water partition coefficient (Wildman–Crippen LogP) is 3.52. The standard InChI is InChI=1S/C14H28O2/c1-4-12(15)6-5-11-16-13-7-9-14(2,3)10-8-13/h12-13,15H,4-11H2,1-3H3. The minimum Gasteiger partial charge on any atom is -0.393 e. The number of hydrogen-bond acceptors (Lipinski definition) is 2. The molecule has 1 atom stereocenters. The fourth-order valence-corrected chi connectivity index (χ4v) is 2.31. The minimum absolute atomic E-state index is 0.131. The summed E-state index contributed by atoms with van der Waals surface area (Å²) in [5.41, 5.74) is 0.526. The van der Waals surface area contributed by atoms with E-state index in [0.717, 1.165) is 25.9 Å². The van der Waals surface area contributed by atoms with E-state index in [1.165, 1.54) is 25.7 Å². The van der Waals surface area contributed by atoms with Gasteiger partial charge >= 0.3 is 0 Å². The van der Waals surface area contributed by atoms with Crippen LogP contribution in [0.2, 0.25) is 0 Å². The zero-order valence-electron chi connectivity index (χ0n) is 11.2. The molecule has 1 unspecified atom stereocenters. The van der Waals surface area contributed by atoms with Crippen LogP contribution in [0, 0.1) is 5.41 Å². The topological polar surface area (TPSA) is 29.5 Å². The van der Waals surface area contributed by atoms with Crippen LogP contribution in [0.5, 0.6) is 0 Å². The Kier molecular flexibility index (Phi) is 5.77. The molecule has 0 heterocycles. The fourth-order valence-electron chi connectivity index (χ4n) is 2.31. The van der Waals surface area contributed by atoms with Gasteiger partial charge in [0.1, 0.15) is 0 Å². The molecule has 0 amide bonds. The number of rotatable bonds is 6. The van der Waals surface area contributed by atoms with Crippen molar-refractivity contribution in [3.63, 3.8) is 0 Å². The van der Waals surface area contributed by atoms with Gasteiger partial charge in [-0.05, 0) is 50.4 Å². The lowest BCUT2D eigenvalue weighted by molar-refractivity contribution is -0.000771. The molecule has 2 heteroatoms. The Bertz CT molecular complexity index is 179. The number of aliphatic hydroxyl groups is 1. The molecule has 0 aromatic rings. The van der Waals surface area contributed by atoms with Crippen molar-refractivity contribution in [3.8, 4) is 0 Å². The van der Waals surface area contributed by atoms with Crippen molar-refractivity contribution in [2.24, 2.45) is 5.41 Å². The molecule has 1 aliphatic rings. The monoisotopic (exact) mass is 228 g/mol. The summed E-state index contributed by atoms with van der Waals surface area (Å²) < 4.78 is 5.86. The van der Waals surface area contributed by atoms with Gasteiger partial charge in [-0.3, -0.25) is 0 Å². The molecule has 0 aromatic heterocycles. The molecular formula is C14H28O2. The summed E-state index contributed by atoms with van der Waals surface area (Å²) in [6.07, 6.45) is 8.08. The normalized spacial score (nSPS) is 23.2. The summed E-state index contributed by atoms with van der Waals surface area (Å²) >= 11 is 0. The van der Waals surface area contributed by atoms with Gasteiger partial charge in [0.25, 0.3) is 0 Å². The molecule has 1 rings (SSSR count). The number of ether oxygens (including phenoxy) is 1. The van der Waals surface area contributed by atoms with Crippen LogP contribution in [0.1, 0.15) is 65.7 Å². The smallest absolute Gasteiger partial charge is 0.0575 e. The second-order valence-electron chi connectivity index (χ2n) is 5.94. The van der Waals surface area contributed by atoms with Crippen molar-refractivity contribution in [2.75, 3.05) is 6.61 Å². The van der Waals surface area contributed by atoms with Crippen LogP contribution >= 0.6 is 0 Å². The van der Waals surface area contributed by atoms with Crippen molar-refractivity contribution in [2.45, 2.75) is 77.9 Å². The molecule has 0 radical (unpaired) electrons. The minimum atomic E-state index is -0.131. The molecule has 0 aliphatic heterocycles. The maximum Gasteiger partial charge on any atom is 0.0575 e. The summed E-state index contributed by atoms with van der Waals surface area (Å²) in [7, 11) is 0. The lowest BCUT2D eigenvalue weighted by Gasteiger charge is -2.34. The van der Waals surface area contributed by atoms with E-state index < -0.39 is 0 Å². The van der Waals surface area contributed by atoms with Crippen LogP contribution < -0.4 is 0 Å². The maximum absolute atomic E-state index is 9.41. The third-order valence-electron chi connectivity index (χ3n) is 3.79. The quantitative estimate of drug-likeness (QED) is 0.705. The molecule has 0 aromatic carbocycles. The Hall–Kier alpha value is -0.0800. The average Bonchev–Trinajstić information content (AvgIpc) is 2.26. The number of hydrogen-bond donors (Lipinski definition) is 1. The van der Waals surface area contributed by atoms with Crippen LogP contribution in [0.4, 0.5) is 0 Å². The highest BCUT2D eigenvalue weighted by atomic mass is 16.5. The first-order valence-electron chi connectivity index (χ1n) is 6.83. The molecule has 1 aliphatic carbocycles. The van der Waals surface area contributed by atoms with Gasteiger partial charge in [-0.1, -0.05) is 20.8 Å². The van der Waals surface area contributed by atoms with Gasteiger partial charge in [-0.25, -0.2) is 0 Å². The lowest BCUT2D eigenvalue weighted by Crippen LogP contribution is -2.26. The molecular weight excluding hydrogens is 200 g/mol. The van der Waals surface area contributed by atoms with E-state index in [1.807, 2.05) is 6.92 Å². The van der Waals surface area contributed by atoms with Gasteiger partial charge in [0.15, 0.2) is 0 Å². The molecule has 2 nitrogen and oxygen atoms in total. The van der Waals surface area contributed by atoms with Crippen molar-refractivity contribution in [1.29, 1.82) is 0 Å². The SMILES string of the molecule is CCC(O)CCCOC1CCC(C)(C)CC1. The first-order chi connectivity index (χ1) is 7.53. The zero-order chi connectivity index (χ0) is 12.0. The molecule has 0 saturated heterocycles. The van der Waals surface area contributed by atoms with Gasteiger partial charge in [-0.15, -0.1) is 0 Å². The van der Waals surface area contributed by atoms with Gasteiger partial charge in [-0.2, -0.15) is 0 Å². The Labute approximate surface area is 100 Å². The van der Waals surface area contributed by atoms with Crippen molar-refractivity contribution in [3.05, 3.63) is 0 Å². The van der Waals surface area contributed by atoms with E-state index in [-0.39, 0.29) is 6.10 Å². The molecule has 96 valence electrons. The van der Waals surface area contributed by atoms with Crippen molar-refractivity contribution in [1.82, 2.24) is 0 Å². The molecule has 16 heavy (non-hydrogen) atoms.